The smallest absolute Gasteiger partial charge is 0.408 e. The van der Waals surface area contributed by atoms with Crippen LogP contribution in [0.4, 0.5) is 10.5 Å². The molecule has 1 atom stereocenters. The molecule has 0 aromatic heterocycles. The molecule has 0 aliphatic heterocycles. The van der Waals surface area contributed by atoms with Gasteiger partial charge in [-0.25, -0.2) is 9.59 Å². The lowest BCUT2D eigenvalue weighted by molar-refractivity contribution is -0.151. The Morgan fingerprint density at radius 1 is 1.19 bits per heavy atom. The van der Waals surface area contributed by atoms with E-state index in [-0.39, 0.29) is 6.10 Å². The molecule has 1 aromatic carbocycles. The van der Waals surface area contributed by atoms with Crippen LogP contribution in [0.1, 0.15) is 52.9 Å². The number of benzene rings is 1. The van der Waals surface area contributed by atoms with Crippen molar-refractivity contribution in [1.29, 1.82) is 0 Å². The Morgan fingerprint density at radius 3 is 2.41 bits per heavy atom. The van der Waals surface area contributed by atoms with Gasteiger partial charge in [-0.2, -0.15) is 0 Å². The van der Waals surface area contributed by atoms with Gasteiger partial charge in [0.2, 0.25) is 0 Å². The van der Waals surface area contributed by atoms with E-state index in [4.69, 9.17) is 9.47 Å². The topological polar surface area (TPSA) is 76.7 Å². The van der Waals surface area contributed by atoms with Crippen molar-refractivity contribution in [2.24, 2.45) is 0 Å². The third kappa shape index (κ3) is 7.93. The van der Waals surface area contributed by atoms with Gasteiger partial charge in [0.25, 0.3) is 0 Å². The second kappa shape index (κ2) is 9.67. The summed E-state index contributed by atoms with van der Waals surface area (Å²) in [5.41, 5.74) is 1.54. The largest absolute Gasteiger partial charge is 0.461 e. The molecular formula is C20H31BN2O4. The summed E-state index contributed by atoms with van der Waals surface area (Å²) in [5.74, 6) is -0.390. The van der Waals surface area contributed by atoms with Crippen molar-refractivity contribution in [2.45, 2.75) is 70.6 Å². The lowest BCUT2D eigenvalue weighted by Gasteiger charge is -2.24. The van der Waals surface area contributed by atoms with Crippen molar-refractivity contribution in [3.05, 3.63) is 24.3 Å². The molecule has 2 rings (SSSR count). The van der Waals surface area contributed by atoms with E-state index in [9.17, 15) is 9.59 Å². The highest BCUT2D eigenvalue weighted by Crippen LogP contribution is 2.21. The number of anilines is 1. The van der Waals surface area contributed by atoms with Gasteiger partial charge in [0, 0.05) is 12.2 Å². The third-order valence-corrected chi connectivity index (χ3v) is 4.37. The van der Waals surface area contributed by atoms with Crippen LogP contribution in [0, 0.1) is 0 Å². The number of carbonyl (C=O) groups is 2. The molecule has 1 aliphatic rings. The Hall–Kier alpha value is -2.18. The normalized spacial score (nSPS) is 15.8. The molecule has 7 heteroatoms. The predicted octanol–water partition coefficient (Wildman–Crippen LogP) is 2.13. The van der Waals surface area contributed by atoms with Crippen molar-refractivity contribution in [1.82, 2.24) is 5.32 Å². The van der Waals surface area contributed by atoms with Crippen molar-refractivity contribution in [3.8, 4) is 0 Å². The maximum absolute atomic E-state index is 12.6. The van der Waals surface area contributed by atoms with Gasteiger partial charge in [-0.05, 0) is 65.0 Å². The number of rotatable bonds is 7. The van der Waals surface area contributed by atoms with Gasteiger partial charge in [0.05, 0.1) is 0 Å². The quantitative estimate of drug-likeness (QED) is 0.565. The Kier molecular flexibility index (Phi) is 7.57. The molecule has 1 aliphatic carbocycles. The number of hydrogen-bond donors (Lipinski definition) is 2. The van der Waals surface area contributed by atoms with E-state index in [1.54, 1.807) is 20.8 Å². The van der Waals surface area contributed by atoms with E-state index in [0.717, 1.165) is 31.4 Å². The van der Waals surface area contributed by atoms with Crippen molar-refractivity contribution in [2.75, 3.05) is 11.9 Å². The van der Waals surface area contributed by atoms with Crippen LogP contribution in [-0.2, 0) is 14.3 Å². The lowest BCUT2D eigenvalue weighted by Crippen LogP contribution is -2.45. The summed E-state index contributed by atoms with van der Waals surface area (Å²) in [6, 6.07) is 7.28. The van der Waals surface area contributed by atoms with Crippen LogP contribution in [0.15, 0.2) is 24.3 Å². The van der Waals surface area contributed by atoms with Crippen LogP contribution in [0.2, 0.25) is 0 Å². The molecule has 2 N–H and O–H groups in total. The minimum absolute atomic E-state index is 0.0366. The number of nitrogens with one attached hydrogen (secondary N) is 2. The molecule has 1 amide bonds. The highest BCUT2D eigenvalue weighted by Gasteiger charge is 2.28. The van der Waals surface area contributed by atoms with Crippen molar-refractivity contribution in [3.63, 3.8) is 0 Å². The Morgan fingerprint density at radius 2 is 1.81 bits per heavy atom. The van der Waals surface area contributed by atoms with E-state index in [0.29, 0.717) is 13.0 Å². The molecule has 1 aromatic rings. The summed E-state index contributed by atoms with van der Waals surface area (Å²) in [6.45, 7) is 5.90. The first kappa shape index (κ1) is 21.1. The zero-order valence-electron chi connectivity index (χ0n) is 16.8. The molecular weight excluding hydrogens is 343 g/mol. The monoisotopic (exact) mass is 374 g/mol. The minimum atomic E-state index is -0.738. The van der Waals surface area contributed by atoms with Gasteiger partial charge >= 0.3 is 12.1 Å². The van der Waals surface area contributed by atoms with Crippen LogP contribution in [0.25, 0.3) is 0 Å². The fraction of sp³-hybridized carbons (Fsp3) is 0.600. The van der Waals surface area contributed by atoms with Gasteiger partial charge < -0.3 is 20.1 Å². The zero-order valence-corrected chi connectivity index (χ0v) is 16.8. The maximum Gasteiger partial charge on any atom is 0.408 e. The van der Waals surface area contributed by atoms with Crippen LogP contribution in [0.3, 0.4) is 0 Å². The SMILES string of the molecule is Bc1ccc(NCC[C@H](NC(=O)OC(C)(C)C)C(=O)OC2CCCC2)cc1. The summed E-state index contributed by atoms with van der Waals surface area (Å²) in [6.07, 6.45) is 3.72. The van der Waals surface area contributed by atoms with Gasteiger partial charge in [-0.15, -0.1) is 0 Å². The number of ether oxygens (including phenoxy) is 2. The van der Waals surface area contributed by atoms with E-state index in [2.05, 4.69) is 10.6 Å². The number of hydrogen-bond acceptors (Lipinski definition) is 5. The average molecular weight is 374 g/mol. The van der Waals surface area contributed by atoms with Crippen LogP contribution >= 0.6 is 0 Å². The highest BCUT2D eigenvalue weighted by molar-refractivity contribution is 6.32. The molecule has 0 heterocycles. The van der Waals surface area contributed by atoms with E-state index in [1.165, 1.54) is 5.46 Å². The van der Waals surface area contributed by atoms with Gasteiger partial charge in [-0.1, -0.05) is 17.6 Å². The summed E-state index contributed by atoms with van der Waals surface area (Å²) < 4.78 is 10.9. The standard InChI is InChI=1S/C20H31BN2O4/c1-20(2,3)27-19(25)23-17(18(24)26-16-6-4-5-7-16)12-13-22-15-10-8-14(21)9-11-15/h8-11,16-17,22H,4-7,12-13,21H2,1-3H3,(H,23,25)/t17-/m0/s1. The summed E-state index contributed by atoms with van der Waals surface area (Å²) in [7, 11) is 2.03. The van der Waals surface area contributed by atoms with Crippen molar-refractivity contribution >= 4 is 31.1 Å². The number of alkyl carbamates (subject to hydrolysis) is 1. The van der Waals surface area contributed by atoms with Gasteiger partial charge in [0.15, 0.2) is 0 Å². The number of carbonyl (C=O) groups excluding carboxylic acids is 2. The molecule has 1 fully saturated rings. The molecule has 0 radical (unpaired) electrons. The zero-order chi connectivity index (χ0) is 19.9. The molecule has 0 saturated heterocycles. The maximum atomic E-state index is 12.6. The Balaban J connectivity index is 1.91. The molecule has 148 valence electrons. The van der Waals surface area contributed by atoms with Gasteiger partial charge in [-0.3, -0.25) is 0 Å². The van der Waals surface area contributed by atoms with Crippen LogP contribution in [0.5, 0.6) is 0 Å². The Labute approximate surface area is 162 Å². The fourth-order valence-corrected chi connectivity index (χ4v) is 2.98. The van der Waals surface area contributed by atoms with E-state index >= 15 is 0 Å². The molecule has 1 saturated carbocycles. The molecule has 6 nitrogen and oxygen atoms in total. The third-order valence-electron chi connectivity index (χ3n) is 4.37. The first-order chi connectivity index (χ1) is 12.7. The molecule has 27 heavy (non-hydrogen) atoms. The van der Waals surface area contributed by atoms with Crippen LogP contribution < -0.4 is 16.1 Å². The molecule has 0 unspecified atom stereocenters. The summed E-state index contributed by atoms with van der Waals surface area (Å²) in [5, 5.41) is 5.94. The lowest BCUT2D eigenvalue weighted by atomic mass is 9.96. The van der Waals surface area contributed by atoms with E-state index < -0.39 is 23.7 Å². The second-order valence-corrected chi connectivity index (χ2v) is 8.12. The highest BCUT2D eigenvalue weighted by atomic mass is 16.6. The Bertz CT molecular complexity index is 622. The average Bonchev–Trinajstić information content (AvgIpc) is 3.07. The first-order valence-electron chi connectivity index (χ1n) is 9.73. The van der Waals surface area contributed by atoms with Crippen LogP contribution in [-0.4, -0.2) is 44.2 Å². The number of esters is 1. The second-order valence-electron chi connectivity index (χ2n) is 8.12. The predicted molar refractivity (Wildman–Crippen MR) is 109 cm³/mol. The molecule has 0 bridgehead atoms. The van der Waals surface area contributed by atoms with Gasteiger partial charge in [0.1, 0.15) is 25.6 Å². The van der Waals surface area contributed by atoms with Crippen molar-refractivity contribution < 1.29 is 19.1 Å². The fourth-order valence-electron chi connectivity index (χ4n) is 2.98. The minimum Gasteiger partial charge on any atom is -0.461 e. The summed E-state index contributed by atoms with van der Waals surface area (Å²) >= 11 is 0. The first-order valence-corrected chi connectivity index (χ1v) is 9.73. The number of amides is 1. The molecule has 0 spiro atoms. The van der Waals surface area contributed by atoms with E-state index in [1.807, 2.05) is 32.1 Å². The summed E-state index contributed by atoms with van der Waals surface area (Å²) in [4.78, 5) is 24.7.